The molecule has 0 aliphatic rings. The van der Waals surface area contributed by atoms with Gasteiger partial charge in [-0.25, -0.2) is 9.59 Å². The molecular formula is C30H34O5. The van der Waals surface area contributed by atoms with Crippen molar-refractivity contribution in [2.75, 3.05) is 0 Å². The maximum absolute atomic E-state index is 12.8. The molecule has 0 saturated heterocycles. The quantitative estimate of drug-likeness (QED) is 0.250. The van der Waals surface area contributed by atoms with Gasteiger partial charge in [-0.2, -0.15) is 0 Å². The van der Waals surface area contributed by atoms with Crippen LogP contribution in [0.1, 0.15) is 86.3 Å². The lowest BCUT2D eigenvalue weighted by molar-refractivity contribution is 0.0697. The molecule has 0 saturated carbocycles. The third-order valence-corrected chi connectivity index (χ3v) is 5.98. The van der Waals surface area contributed by atoms with E-state index in [9.17, 15) is 14.7 Å². The van der Waals surface area contributed by atoms with Crippen molar-refractivity contribution in [1.82, 2.24) is 0 Å². The van der Waals surface area contributed by atoms with Crippen molar-refractivity contribution in [1.29, 1.82) is 0 Å². The van der Waals surface area contributed by atoms with Gasteiger partial charge >= 0.3 is 12.1 Å². The molecule has 5 nitrogen and oxygen atoms in total. The first-order chi connectivity index (χ1) is 16.7. The standard InChI is InChI=1S/C30H34O5/c1-6-7-11-21-14-15-24(29(31)32)26(16-21)28-25(20(4)5)17-22(19(2)3)18-27(28)35-30(33)34-23-12-9-8-10-13-23/h8-10,12-20H,6-7,11H2,1-5H3,(H,31,32). The van der Waals surface area contributed by atoms with Gasteiger partial charge in [-0.3, -0.25) is 0 Å². The van der Waals surface area contributed by atoms with Crippen molar-refractivity contribution in [3.63, 3.8) is 0 Å². The monoisotopic (exact) mass is 474 g/mol. The summed E-state index contributed by atoms with van der Waals surface area (Å²) in [7, 11) is 0. The highest BCUT2D eigenvalue weighted by Crippen LogP contribution is 2.42. The lowest BCUT2D eigenvalue weighted by Crippen LogP contribution is -2.15. The van der Waals surface area contributed by atoms with Crippen LogP contribution in [0.3, 0.4) is 0 Å². The Hall–Kier alpha value is -3.60. The third kappa shape index (κ3) is 6.50. The zero-order valence-electron chi connectivity index (χ0n) is 21.1. The first-order valence-corrected chi connectivity index (χ1v) is 12.2. The number of hydrogen-bond donors (Lipinski definition) is 1. The summed E-state index contributed by atoms with van der Waals surface area (Å²) in [5.41, 5.74) is 4.31. The van der Waals surface area contributed by atoms with Gasteiger partial charge in [0.1, 0.15) is 11.5 Å². The van der Waals surface area contributed by atoms with Gasteiger partial charge in [0.2, 0.25) is 0 Å². The number of carboxylic acids is 1. The molecule has 0 radical (unpaired) electrons. The first-order valence-electron chi connectivity index (χ1n) is 12.2. The molecule has 3 aromatic carbocycles. The van der Waals surface area contributed by atoms with Crippen LogP contribution >= 0.6 is 0 Å². The number of aryl methyl sites for hydroxylation is 1. The van der Waals surface area contributed by atoms with Crippen LogP contribution in [-0.2, 0) is 6.42 Å². The van der Waals surface area contributed by atoms with E-state index >= 15 is 0 Å². The second kappa shape index (κ2) is 11.7. The van der Waals surface area contributed by atoms with E-state index in [-0.39, 0.29) is 17.4 Å². The number of aromatic carboxylic acids is 1. The molecule has 0 amide bonds. The van der Waals surface area contributed by atoms with Crippen molar-refractivity contribution < 1.29 is 24.2 Å². The second-order valence-corrected chi connectivity index (χ2v) is 9.35. The number of para-hydroxylation sites is 1. The van der Waals surface area contributed by atoms with Gasteiger partial charge in [-0.1, -0.05) is 77.4 Å². The average molecular weight is 475 g/mol. The predicted octanol–water partition coefficient (Wildman–Crippen LogP) is 8.22. The van der Waals surface area contributed by atoms with Crippen molar-refractivity contribution in [2.45, 2.75) is 65.7 Å². The van der Waals surface area contributed by atoms with Gasteiger partial charge in [-0.15, -0.1) is 0 Å². The van der Waals surface area contributed by atoms with Crippen LogP contribution in [0.15, 0.2) is 60.7 Å². The van der Waals surface area contributed by atoms with Crippen LogP contribution < -0.4 is 9.47 Å². The van der Waals surface area contributed by atoms with E-state index in [0.717, 1.165) is 36.0 Å². The van der Waals surface area contributed by atoms with E-state index in [1.807, 2.05) is 24.3 Å². The summed E-state index contributed by atoms with van der Waals surface area (Å²) in [4.78, 5) is 25.0. The van der Waals surface area contributed by atoms with Crippen molar-refractivity contribution in [2.24, 2.45) is 0 Å². The van der Waals surface area contributed by atoms with Gasteiger partial charge in [0.15, 0.2) is 0 Å². The first kappa shape index (κ1) is 26.0. The van der Waals surface area contributed by atoms with Gasteiger partial charge in [0.25, 0.3) is 0 Å². The Morgan fingerprint density at radius 3 is 2.20 bits per heavy atom. The molecule has 1 N–H and O–H groups in total. The largest absolute Gasteiger partial charge is 0.519 e. The lowest BCUT2D eigenvalue weighted by atomic mass is 9.85. The smallest absolute Gasteiger partial charge is 0.478 e. The number of carbonyl (C=O) groups excluding carboxylic acids is 1. The van der Waals surface area contributed by atoms with Crippen LogP contribution in [0.25, 0.3) is 11.1 Å². The molecule has 0 aromatic heterocycles. The predicted molar refractivity (Wildman–Crippen MR) is 139 cm³/mol. The van der Waals surface area contributed by atoms with Crippen molar-refractivity contribution in [3.05, 3.63) is 82.9 Å². The Bertz CT molecular complexity index is 1180. The number of carbonyl (C=O) groups is 2. The fourth-order valence-corrected chi connectivity index (χ4v) is 4.03. The molecule has 3 rings (SSSR count). The molecule has 0 bridgehead atoms. The van der Waals surface area contributed by atoms with E-state index < -0.39 is 12.1 Å². The Morgan fingerprint density at radius 1 is 0.886 bits per heavy atom. The summed E-state index contributed by atoms with van der Waals surface area (Å²) >= 11 is 0. The van der Waals surface area contributed by atoms with E-state index in [4.69, 9.17) is 9.47 Å². The van der Waals surface area contributed by atoms with Gasteiger partial charge < -0.3 is 14.6 Å². The minimum atomic E-state index is -1.03. The van der Waals surface area contributed by atoms with E-state index in [0.29, 0.717) is 22.6 Å². The molecule has 3 aromatic rings. The Labute approximate surface area is 207 Å². The third-order valence-electron chi connectivity index (χ3n) is 5.98. The lowest BCUT2D eigenvalue weighted by Gasteiger charge is -2.22. The molecule has 5 heteroatoms. The maximum atomic E-state index is 12.8. The zero-order valence-corrected chi connectivity index (χ0v) is 21.1. The molecule has 0 aliphatic heterocycles. The zero-order chi connectivity index (χ0) is 25.5. The fourth-order valence-electron chi connectivity index (χ4n) is 4.03. The van der Waals surface area contributed by atoms with Crippen LogP contribution in [0.4, 0.5) is 4.79 Å². The van der Waals surface area contributed by atoms with Gasteiger partial charge in [0, 0.05) is 11.1 Å². The maximum Gasteiger partial charge on any atom is 0.519 e. The molecule has 35 heavy (non-hydrogen) atoms. The Kier molecular flexibility index (Phi) is 8.69. The molecule has 0 spiro atoms. The number of benzene rings is 3. The molecule has 184 valence electrons. The van der Waals surface area contributed by atoms with Crippen LogP contribution in [0, 0.1) is 0 Å². The SMILES string of the molecule is CCCCc1ccc(C(=O)O)c(-c2c(OC(=O)Oc3ccccc3)cc(C(C)C)cc2C(C)C)c1. The number of carboxylic acid groups (broad SMARTS) is 1. The van der Waals surface area contributed by atoms with Gasteiger partial charge in [-0.05, 0) is 65.6 Å². The molecule has 0 atom stereocenters. The molecular weight excluding hydrogens is 440 g/mol. The van der Waals surface area contributed by atoms with Gasteiger partial charge in [0.05, 0.1) is 5.56 Å². The molecule has 0 aliphatic carbocycles. The molecule has 0 heterocycles. The highest BCUT2D eigenvalue weighted by atomic mass is 16.7. The number of unbranched alkanes of at least 4 members (excludes halogenated alkanes) is 1. The summed E-state index contributed by atoms with van der Waals surface area (Å²) in [6, 6.07) is 18.1. The number of ether oxygens (including phenoxy) is 2. The second-order valence-electron chi connectivity index (χ2n) is 9.35. The highest BCUT2D eigenvalue weighted by Gasteiger charge is 2.24. The van der Waals surface area contributed by atoms with E-state index in [1.165, 1.54) is 0 Å². The summed E-state index contributed by atoms with van der Waals surface area (Å²) in [6.07, 6.45) is 2.02. The Balaban J connectivity index is 2.20. The highest BCUT2D eigenvalue weighted by molar-refractivity contribution is 5.98. The normalized spacial score (nSPS) is 11.1. The summed E-state index contributed by atoms with van der Waals surface area (Å²) in [5, 5.41) is 10.0. The van der Waals surface area contributed by atoms with E-state index in [2.05, 4.69) is 40.7 Å². The summed E-state index contributed by atoms with van der Waals surface area (Å²) in [5.74, 6) is -0.101. The van der Waals surface area contributed by atoms with Crippen LogP contribution in [0.2, 0.25) is 0 Å². The van der Waals surface area contributed by atoms with Crippen LogP contribution in [-0.4, -0.2) is 17.2 Å². The Morgan fingerprint density at radius 2 is 1.60 bits per heavy atom. The van der Waals surface area contributed by atoms with E-state index in [1.54, 1.807) is 30.3 Å². The number of rotatable bonds is 9. The van der Waals surface area contributed by atoms with Crippen molar-refractivity contribution >= 4 is 12.1 Å². The van der Waals surface area contributed by atoms with Crippen LogP contribution in [0.5, 0.6) is 11.5 Å². The minimum absolute atomic E-state index is 0.0668. The number of hydrogen-bond acceptors (Lipinski definition) is 4. The fraction of sp³-hybridized carbons (Fsp3) is 0.333. The molecule has 0 unspecified atom stereocenters. The van der Waals surface area contributed by atoms with Crippen molar-refractivity contribution in [3.8, 4) is 22.6 Å². The summed E-state index contributed by atoms with van der Waals surface area (Å²) in [6.45, 7) is 10.4. The topological polar surface area (TPSA) is 72.8 Å². The average Bonchev–Trinajstić information content (AvgIpc) is 2.82. The minimum Gasteiger partial charge on any atom is -0.478 e. The molecule has 0 fully saturated rings. The summed E-state index contributed by atoms with van der Waals surface area (Å²) < 4.78 is 11.2.